The van der Waals surface area contributed by atoms with Gasteiger partial charge in [-0.25, -0.2) is 4.98 Å². The number of rotatable bonds is 9. The van der Waals surface area contributed by atoms with Crippen LogP contribution in [0.25, 0.3) is 21.9 Å². The molecule has 4 aromatic rings. The van der Waals surface area contributed by atoms with Crippen LogP contribution in [0.1, 0.15) is 6.92 Å². The van der Waals surface area contributed by atoms with Crippen molar-refractivity contribution < 1.29 is 14.3 Å². The van der Waals surface area contributed by atoms with E-state index in [2.05, 4.69) is 10.3 Å². The Morgan fingerprint density at radius 2 is 1.97 bits per heavy atom. The molecule has 0 radical (unpaired) electrons. The normalized spacial score (nSPS) is 11.2. The van der Waals surface area contributed by atoms with Gasteiger partial charge in [-0.05, 0) is 25.1 Å². The number of carbonyl (C=O) groups excluding carboxylic acids is 1. The number of aromatic nitrogens is 3. The molecule has 0 spiro atoms. The summed E-state index contributed by atoms with van der Waals surface area (Å²) in [7, 11) is 1.58. The van der Waals surface area contributed by atoms with Crippen LogP contribution in [0.15, 0.2) is 58.5 Å². The molecule has 2 aromatic carbocycles. The smallest absolute Gasteiger partial charge is 0.278 e. The Morgan fingerprint density at radius 3 is 2.78 bits per heavy atom. The van der Waals surface area contributed by atoms with Gasteiger partial charge in [0.05, 0.1) is 31.2 Å². The van der Waals surface area contributed by atoms with Gasteiger partial charge >= 0.3 is 0 Å². The molecule has 2 heterocycles. The van der Waals surface area contributed by atoms with Crippen LogP contribution < -0.4 is 15.6 Å². The maximum Gasteiger partial charge on any atom is 0.278 e. The van der Waals surface area contributed by atoms with Crippen molar-refractivity contribution in [1.82, 2.24) is 14.5 Å². The maximum atomic E-state index is 13.2. The molecule has 0 atom stereocenters. The average molecular weight is 453 g/mol. The lowest BCUT2D eigenvalue weighted by Crippen LogP contribution is -2.26. The van der Waals surface area contributed by atoms with E-state index in [4.69, 9.17) is 14.5 Å². The molecule has 166 valence electrons. The number of fused-ring (bicyclic) bond motifs is 3. The number of hydrogen-bond acceptors (Lipinski definition) is 6. The Balaban J connectivity index is 1.62. The predicted molar refractivity (Wildman–Crippen MR) is 127 cm³/mol. The molecule has 32 heavy (non-hydrogen) atoms. The highest BCUT2D eigenvalue weighted by atomic mass is 32.2. The molecule has 0 fully saturated rings. The van der Waals surface area contributed by atoms with E-state index in [1.807, 2.05) is 43.3 Å². The minimum absolute atomic E-state index is 0.0910. The van der Waals surface area contributed by atoms with Crippen LogP contribution in [-0.4, -0.2) is 46.5 Å². The largest absolute Gasteiger partial charge is 0.492 e. The van der Waals surface area contributed by atoms with Crippen LogP contribution in [0.5, 0.6) is 5.75 Å². The van der Waals surface area contributed by atoms with E-state index in [0.29, 0.717) is 47.4 Å². The van der Waals surface area contributed by atoms with Crippen LogP contribution in [0, 0.1) is 0 Å². The number of hydrogen-bond donors (Lipinski definition) is 2. The maximum absolute atomic E-state index is 13.2. The summed E-state index contributed by atoms with van der Waals surface area (Å²) in [6.45, 7) is 3.09. The molecule has 0 aliphatic rings. The second-order valence-electron chi connectivity index (χ2n) is 7.00. The van der Waals surface area contributed by atoms with E-state index in [9.17, 15) is 9.59 Å². The standard InChI is InChI=1S/C23H24N4O4S/c1-3-31-18-11-7-6-10-17(18)24-19(28)14-32-23-26-20-15-8-4-5-9-16(15)25-21(20)22(29)27(23)12-13-30-2/h4-11,25H,3,12-14H2,1-2H3,(H,24,28). The summed E-state index contributed by atoms with van der Waals surface area (Å²) in [6, 6.07) is 14.9. The third kappa shape index (κ3) is 4.49. The summed E-state index contributed by atoms with van der Waals surface area (Å²) in [4.78, 5) is 33.7. The predicted octanol–water partition coefficient (Wildman–Crippen LogP) is 3.65. The van der Waals surface area contributed by atoms with Crippen molar-refractivity contribution in [3.8, 4) is 5.75 Å². The highest BCUT2D eigenvalue weighted by Gasteiger charge is 2.17. The number of amides is 1. The number of methoxy groups -OCH3 is 1. The van der Waals surface area contributed by atoms with Crippen molar-refractivity contribution in [1.29, 1.82) is 0 Å². The number of thioether (sulfide) groups is 1. The van der Waals surface area contributed by atoms with Gasteiger partial charge < -0.3 is 19.8 Å². The fraction of sp³-hybridized carbons (Fsp3) is 0.261. The van der Waals surface area contributed by atoms with Gasteiger partial charge in [-0.2, -0.15) is 0 Å². The number of H-pyrrole nitrogens is 1. The molecule has 0 saturated heterocycles. The Hall–Kier alpha value is -3.30. The van der Waals surface area contributed by atoms with E-state index < -0.39 is 0 Å². The molecular weight excluding hydrogens is 428 g/mol. The van der Waals surface area contributed by atoms with E-state index >= 15 is 0 Å². The lowest BCUT2D eigenvalue weighted by atomic mass is 10.2. The first-order chi connectivity index (χ1) is 15.6. The summed E-state index contributed by atoms with van der Waals surface area (Å²) < 4.78 is 12.3. The lowest BCUT2D eigenvalue weighted by molar-refractivity contribution is -0.113. The Kier molecular flexibility index (Phi) is 6.77. The minimum atomic E-state index is -0.214. The fourth-order valence-electron chi connectivity index (χ4n) is 3.43. The molecule has 2 aromatic heterocycles. The van der Waals surface area contributed by atoms with Crippen molar-refractivity contribution >= 4 is 45.3 Å². The zero-order valence-electron chi connectivity index (χ0n) is 17.9. The summed E-state index contributed by atoms with van der Waals surface area (Å²) in [5.41, 5.74) is 2.31. The molecule has 0 aliphatic carbocycles. The molecule has 0 aliphatic heterocycles. The Bertz CT molecular complexity index is 1310. The third-order valence-electron chi connectivity index (χ3n) is 4.89. The van der Waals surface area contributed by atoms with Gasteiger partial charge in [-0.15, -0.1) is 0 Å². The van der Waals surface area contributed by atoms with E-state index in [0.717, 1.165) is 10.9 Å². The highest BCUT2D eigenvalue weighted by Crippen LogP contribution is 2.26. The summed E-state index contributed by atoms with van der Waals surface area (Å²) in [5.74, 6) is 0.491. The molecule has 4 rings (SSSR count). The fourth-order valence-corrected chi connectivity index (χ4v) is 4.25. The van der Waals surface area contributed by atoms with Crippen molar-refractivity contribution in [2.75, 3.05) is 31.4 Å². The molecule has 0 bridgehead atoms. The number of ether oxygens (including phenoxy) is 2. The topological polar surface area (TPSA) is 98.2 Å². The lowest BCUT2D eigenvalue weighted by Gasteiger charge is -2.13. The van der Waals surface area contributed by atoms with Crippen molar-refractivity contribution in [2.45, 2.75) is 18.6 Å². The quantitative estimate of drug-likeness (QED) is 0.297. The highest BCUT2D eigenvalue weighted by molar-refractivity contribution is 7.99. The molecule has 0 saturated carbocycles. The molecule has 1 amide bonds. The van der Waals surface area contributed by atoms with Crippen LogP contribution in [0.2, 0.25) is 0 Å². The van der Waals surface area contributed by atoms with Gasteiger partial charge in [0.25, 0.3) is 5.56 Å². The zero-order valence-corrected chi connectivity index (χ0v) is 18.7. The van der Waals surface area contributed by atoms with Crippen LogP contribution in [-0.2, 0) is 16.1 Å². The number of benzene rings is 2. The molecule has 2 N–H and O–H groups in total. The van der Waals surface area contributed by atoms with E-state index in [-0.39, 0.29) is 17.2 Å². The number of aromatic amines is 1. The van der Waals surface area contributed by atoms with E-state index in [1.54, 1.807) is 23.8 Å². The van der Waals surface area contributed by atoms with Crippen molar-refractivity contribution in [3.05, 3.63) is 58.9 Å². The zero-order chi connectivity index (χ0) is 22.5. The summed E-state index contributed by atoms with van der Waals surface area (Å²) in [6.07, 6.45) is 0. The van der Waals surface area contributed by atoms with Crippen LogP contribution in [0.4, 0.5) is 5.69 Å². The van der Waals surface area contributed by atoms with Gasteiger partial charge in [0.1, 0.15) is 16.8 Å². The first kappa shape index (κ1) is 21.9. The summed E-state index contributed by atoms with van der Waals surface area (Å²) >= 11 is 1.21. The second kappa shape index (κ2) is 9.88. The van der Waals surface area contributed by atoms with E-state index in [1.165, 1.54) is 11.8 Å². The molecular formula is C23H24N4O4S. The van der Waals surface area contributed by atoms with Gasteiger partial charge in [-0.3, -0.25) is 14.2 Å². The molecule has 8 nitrogen and oxygen atoms in total. The number of nitrogens with one attached hydrogen (secondary N) is 2. The van der Waals surface area contributed by atoms with Crippen LogP contribution >= 0.6 is 11.8 Å². The minimum Gasteiger partial charge on any atom is -0.492 e. The number of para-hydroxylation sites is 3. The third-order valence-corrected chi connectivity index (χ3v) is 5.86. The first-order valence-corrected chi connectivity index (χ1v) is 11.3. The number of carbonyl (C=O) groups is 1. The molecule has 0 unspecified atom stereocenters. The first-order valence-electron chi connectivity index (χ1n) is 10.3. The van der Waals surface area contributed by atoms with Gasteiger partial charge in [0.2, 0.25) is 5.91 Å². The summed E-state index contributed by atoms with van der Waals surface area (Å²) in [5, 5.41) is 4.21. The molecule has 9 heteroatoms. The number of anilines is 1. The SMILES string of the molecule is CCOc1ccccc1NC(=O)CSc1nc2c([nH]c3ccccc32)c(=O)n1CCOC. The van der Waals surface area contributed by atoms with Crippen molar-refractivity contribution in [3.63, 3.8) is 0 Å². The van der Waals surface area contributed by atoms with Crippen molar-refractivity contribution in [2.24, 2.45) is 0 Å². The van der Waals surface area contributed by atoms with Gasteiger partial charge in [0.15, 0.2) is 5.16 Å². The van der Waals surface area contributed by atoms with Gasteiger partial charge in [-0.1, -0.05) is 42.1 Å². The second-order valence-corrected chi connectivity index (χ2v) is 7.95. The Labute approximate surface area is 188 Å². The van der Waals surface area contributed by atoms with Crippen LogP contribution in [0.3, 0.4) is 0 Å². The van der Waals surface area contributed by atoms with Gasteiger partial charge in [0, 0.05) is 18.0 Å². The average Bonchev–Trinajstić information content (AvgIpc) is 3.18. The monoisotopic (exact) mass is 452 g/mol. The number of nitrogens with zero attached hydrogens (tertiary/aromatic N) is 2. The Morgan fingerprint density at radius 1 is 1.19 bits per heavy atom.